The molecule has 0 aromatic heterocycles. The monoisotopic (exact) mass is 313 g/mol. The molecule has 1 rings (SSSR count). The first-order valence-electron chi connectivity index (χ1n) is 9.01. The predicted molar refractivity (Wildman–Crippen MR) is 91.7 cm³/mol. The van der Waals surface area contributed by atoms with Gasteiger partial charge in [0.05, 0.1) is 21.1 Å². The minimum Gasteiger partial charge on any atom is -0.477 e. The van der Waals surface area contributed by atoms with Crippen LogP contribution in [-0.2, 0) is 4.79 Å². The fourth-order valence-electron chi connectivity index (χ4n) is 4.42. The van der Waals surface area contributed by atoms with E-state index < -0.39 is 12.0 Å². The number of hydrogen-bond acceptors (Lipinski definition) is 2. The Balaban J connectivity index is 3.12. The number of carbonyl (C=O) groups is 1. The van der Waals surface area contributed by atoms with Crippen molar-refractivity contribution < 1.29 is 14.4 Å². The third kappa shape index (κ3) is 4.95. The van der Waals surface area contributed by atoms with Crippen LogP contribution in [-0.4, -0.2) is 48.8 Å². The second kappa shape index (κ2) is 8.30. The number of rotatable bonds is 4. The van der Waals surface area contributed by atoms with Crippen molar-refractivity contribution in [2.45, 2.75) is 83.2 Å². The van der Waals surface area contributed by atoms with Crippen LogP contribution >= 0.6 is 0 Å². The van der Waals surface area contributed by atoms with Crippen LogP contribution in [0.1, 0.15) is 71.1 Å². The lowest BCUT2D eigenvalue weighted by atomic mass is 9.66. The van der Waals surface area contributed by atoms with E-state index in [0.717, 1.165) is 25.7 Å². The molecule has 0 heterocycles. The van der Waals surface area contributed by atoms with Crippen molar-refractivity contribution in [3.05, 3.63) is 0 Å². The lowest BCUT2D eigenvalue weighted by molar-refractivity contribution is -0.895. The van der Waals surface area contributed by atoms with Crippen molar-refractivity contribution in [3.8, 4) is 0 Å². The van der Waals surface area contributed by atoms with Gasteiger partial charge >= 0.3 is 5.97 Å². The number of aliphatic carboxylic acids is 1. The molecule has 0 aromatic carbocycles. The lowest BCUT2D eigenvalue weighted by Crippen LogP contribution is -2.63. The maximum absolute atomic E-state index is 12.1. The molecule has 1 aliphatic carbocycles. The highest BCUT2D eigenvalue weighted by Gasteiger charge is 2.52. The lowest BCUT2D eigenvalue weighted by Gasteiger charge is -2.47. The van der Waals surface area contributed by atoms with Crippen LogP contribution in [0.25, 0.3) is 0 Å². The molecule has 1 fully saturated rings. The van der Waals surface area contributed by atoms with Crippen molar-refractivity contribution in [3.63, 3.8) is 0 Å². The molecular formula is C18H37N2O2+. The normalized spacial score (nSPS) is 24.0. The molecule has 3 N–H and O–H groups in total. The molecule has 2 unspecified atom stereocenters. The molecule has 22 heavy (non-hydrogen) atoms. The molecule has 0 amide bonds. The number of carboxylic acid groups (broad SMARTS) is 1. The van der Waals surface area contributed by atoms with Gasteiger partial charge in [0.15, 0.2) is 6.04 Å². The molecule has 0 spiro atoms. The first-order chi connectivity index (χ1) is 10.2. The Morgan fingerprint density at radius 2 is 1.32 bits per heavy atom. The van der Waals surface area contributed by atoms with Crippen LogP contribution < -0.4 is 5.73 Å². The van der Waals surface area contributed by atoms with Gasteiger partial charge in [-0.25, -0.2) is 4.79 Å². The highest BCUT2D eigenvalue weighted by Crippen LogP contribution is 2.42. The molecule has 1 aliphatic rings. The summed E-state index contributed by atoms with van der Waals surface area (Å²) in [6.45, 7) is 2.02. The summed E-state index contributed by atoms with van der Waals surface area (Å²) in [7, 11) is 5.98. The van der Waals surface area contributed by atoms with Gasteiger partial charge in [0.1, 0.15) is 0 Å². The van der Waals surface area contributed by atoms with E-state index in [-0.39, 0.29) is 11.5 Å². The number of likely N-dealkylation sites (N-methyl/N-ethyl adjacent to an activating group) is 1. The number of nitrogens with two attached hydrogens (primary N) is 1. The molecule has 2 atom stereocenters. The summed E-state index contributed by atoms with van der Waals surface area (Å²) in [6, 6.07) is -0.528. The fourth-order valence-corrected chi connectivity index (χ4v) is 4.42. The summed E-state index contributed by atoms with van der Waals surface area (Å²) in [5, 5.41) is 9.95. The molecule has 0 saturated heterocycles. The molecule has 0 aromatic rings. The quantitative estimate of drug-likeness (QED) is 0.782. The number of quaternary nitrogens is 1. The number of carboxylic acids is 1. The standard InChI is InChI=1S/C18H36N2O2/c1-15(19)18(16(17(21)22)20(2,3)4)13-11-9-7-5-6-8-10-12-14-18/h15-16H,5-14,19H2,1-4H3/p+1. The second-order valence-electron chi connectivity index (χ2n) is 8.21. The van der Waals surface area contributed by atoms with Crippen molar-refractivity contribution >= 4 is 5.97 Å². The zero-order chi connectivity index (χ0) is 16.8. The smallest absolute Gasteiger partial charge is 0.363 e. The van der Waals surface area contributed by atoms with Gasteiger partial charge in [0, 0.05) is 11.5 Å². The Kier molecular flexibility index (Phi) is 7.33. The summed E-state index contributed by atoms with van der Waals surface area (Å²) in [5.41, 5.74) is 6.12. The molecule has 130 valence electrons. The highest BCUT2D eigenvalue weighted by molar-refractivity contribution is 5.73. The van der Waals surface area contributed by atoms with Gasteiger partial charge < -0.3 is 15.3 Å². The van der Waals surface area contributed by atoms with E-state index in [4.69, 9.17) is 5.73 Å². The van der Waals surface area contributed by atoms with Gasteiger partial charge in [-0.1, -0.05) is 51.4 Å². The van der Waals surface area contributed by atoms with E-state index in [2.05, 4.69) is 0 Å². The van der Waals surface area contributed by atoms with E-state index in [0.29, 0.717) is 4.48 Å². The molecule has 4 heteroatoms. The van der Waals surface area contributed by atoms with Crippen molar-refractivity contribution in [1.82, 2.24) is 0 Å². The van der Waals surface area contributed by atoms with Gasteiger partial charge in [-0.3, -0.25) is 0 Å². The summed E-state index contributed by atoms with van der Waals surface area (Å²) in [4.78, 5) is 12.1. The first kappa shape index (κ1) is 19.4. The van der Waals surface area contributed by atoms with Gasteiger partial charge in [0.2, 0.25) is 0 Å². The van der Waals surface area contributed by atoms with E-state index >= 15 is 0 Å². The molecule has 4 nitrogen and oxygen atoms in total. The average Bonchev–Trinajstić information content (AvgIpc) is 2.42. The van der Waals surface area contributed by atoms with Crippen LogP contribution in [0.4, 0.5) is 0 Å². The van der Waals surface area contributed by atoms with Crippen molar-refractivity contribution in [2.24, 2.45) is 11.1 Å². The Bertz CT molecular complexity index is 335. The number of nitrogens with zero attached hydrogens (tertiary/aromatic N) is 1. The summed E-state index contributed by atoms with van der Waals surface area (Å²) < 4.78 is 0.441. The van der Waals surface area contributed by atoms with Gasteiger partial charge in [-0.2, -0.15) is 0 Å². The maximum Gasteiger partial charge on any atom is 0.363 e. The Hall–Kier alpha value is -0.610. The minimum atomic E-state index is -0.695. The SMILES string of the molecule is CC(N)C1(C(C(=O)O)[N+](C)(C)C)CCCCCCCCCC1. The van der Waals surface area contributed by atoms with Gasteiger partial charge in [0.25, 0.3) is 0 Å². The van der Waals surface area contributed by atoms with E-state index in [1.807, 2.05) is 28.1 Å². The van der Waals surface area contributed by atoms with Crippen molar-refractivity contribution in [1.29, 1.82) is 0 Å². The predicted octanol–water partition coefficient (Wildman–Crippen LogP) is 3.39. The van der Waals surface area contributed by atoms with Gasteiger partial charge in [-0.15, -0.1) is 0 Å². The molecule has 1 saturated carbocycles. The van der Waals surface area contributed by atoms with Crippen LogP contribution in [0.15, 0.2) is 0 Å². The average molecular weight is 314 g/mol. The topological polar surface area (TPSA) is 63.3 Å². The zero-order valence-electron chi connectivity index (χ0n) is 15.1. The van der Waals surface area contributed by atoms with Crippen LogP contribution in [0.5, 0.6) is 0 Å². The summed E-state index contributed by atoms with van der Waals surface area (Å²) >= 11 is 0. The number of hydrogen-bond donors (Lipinski definition) is 2. The minimum absolute atomic E-state index is 0.0910. The van der Waals surface area contributed by atoms with E-state index in [1.54, 1.807) is 0 Å². The van der Waals surface area contributed by atoms with Crippen LogP contribution in [0, 0.1) is 5.41 Å². The second-order valence-corrected chi connectivity index (χ2v) is 8.21. The Morgan fingerprint density at radius 1 is 0.955 bits per heavy atom. The largest absolute Gasteiger partial charge is 0.477 e. The zero-order valence-corrected chi connectivity index (χ0v) is 15.1. The summed E-state index contributed by atoms with van der Waals surface area (Å²) in [6.07, 6.45) is 11.7. The molecule has 0 radical (unpaired) electrons. The Labute approximate surface area is 136 Å². The fraction of sp³-hybridized carbons (Fsp3) is 0.944. The molecular weight excluding hydrogens is 276 g/mol. The maximum atomic E-state index is 12.1. The van der Waals surface area contributed by atoms with Crippen molar-refractivity contribution in [2.75, 3.05) is 21.1 Å². The first-order valence-corrected chi connectivity index (χ1v) is 9.01. The molecule has 0 aliphatic heterocycles. The third-order valence-corrected chi connectivity index (χ3v) is 5.49. The van der Waals surface area contributed by atoms with Crippen LogP contribution in [0.3, 0.4) is 0 Å². The Morgan fingerprint density at radius 3 is 1.59 bits per heavy atom. The van der Waals surface area contributed by atoms with Crippen LogP contribution in [0.2, 0.25) is 0 Å². The van der Waals surface area contributed by atoms with E-state index in [9.17, 15) is 9.90 Å². The summed E-state index contributed by atoms with van der Waals surface area (Å²) in [5.74, 6) is -0.695. The third-order valence-electron chi connectivity index (χ3n) is 5.49. The van der Waals surface area contributed by atoms with E-state index in [1.165, 1.54) is 38.5 Å². The molecule has 0 bridgehead atoms. The van der Waals surface area contributed by atoms with Gasteiger partial charge in [-0.05, 0) is 19.8 Å². The highest BCUT2D eigenvalue weighted by atomic mass is 16.4.